The summed E-state index contributed by atoms with van der Waals surface area (Å²) in [5.41, 5.74) is 1.82. The van der Waals surface area contributed by atoms with E-state index in [1.165, 1.54) is 0 Å². The molecule has 1 atom stereocenters. The van der Waals surface area contributed by atoms with Gasteiger partial charge in [-0.25, -0.2) is 10.6 Å². The molecule has 5 N–H and O–H groups in total. The van der Waals surface area contributed by atoms with E-state index in [9.17, 15) is 9.59 Å². The molecule has 0 unspecified atom stereocenters. The van der Waals surface area contributed by atoms with Crippen LogP contribution in [0.1, 0.15) is 12.8 Å². The molecule has 68 valence electrons. The van der Waals surface area contributed by atoms with Gasteiger partial charge >= 0.3 is 6.03 Å². The second kappa shape index (κ2) is 4.03. The van der Waals surface area contributed by atoms with E-state index in [1.807, 2.05) is 5.43 Å². The van der Waals surface area contributed by atoms with Gasteiger partial charge in [-0.15, -0.1) is 0 Å². The lowest BCUT2D eigenvalue weighted by molar-refractivity contribution is -0.121. The van der Waals surface area contributed by atoms with Gasteiger partial charge in [-0.2, -0.15) is 0 Å². The van der Waals surface area contributed by atoms with Crippen molar-refractivity contribution in [1.82, 2.24) is 16.1 Å². The van der Waals surface area contributed by atoms with Gasteiger partial charge in [-0.1, -0.05) is 0 Å². The first-order valence-electron chi connectivity index (χ1n) is 3.79. The molecule has 0 aliphatic carbocycles. The van der Waals surface area contributed by atoms with Crippen LogP contribution in [0, 0.1) is 0 Å². The molecule has 0 saturated carbocycles. The van der Waals surface area contributed by atoms with Crippen LogP contribution in [0.4, 0.5) is 4.79 Å². The standard InChI is InChI=1S/C6H12N4O2/c7-10-6(12)9-5(11)4-2-1-3-8-4/h4,8H,1-3,7H2,(H2,9,10,11,12)/t4-/m0/s1. The van der Waals surface area contributed by atoms with Crippen molar-refractivity contribution in [2.75, 3.05) is 6.54 Å². The van der Waals surface area contributed by atoms with Gasteiger partial charge in [-0.3, -0.25) is 15.5 Å². The minimum atomic E-state index is -0.672. The van der Waals surface area contributed by atoms with Crippen molar-refractivity contribution in [1.29, 1.82) is 0 Å². The summed E-state index contributed by atoms with van der Waals surface area (Å²) < 4.78 is 0. The van der Waals surface area contributed by atoms with Crippen LogP contribution in [0.5, 0.6) is 0 Å². The number of urea groups is 1. The average Bonchev–Trinajstić information content (AvgIpc) is 2.56. The minimum Gasteiger partial charge on any atom is -0.306 e. The number of rotatable bonds is 1. The Morgan fingerprint density at radius 2 is 2.25 bits per heavy atom. The van der Waals surface area contributed by atoms with E-state index in [0.29, 0.717) is 0 Å². The number of carbonyl (C=O) groups excluding carboxylic acids is 2. The topological polar surface area (TPSA) is 96.2 Å². The molecule has 0 aromatic carbocycles. The van der Waals surface area contributed by atoms with E-state index >= 15 is 0 Å². The van der Waals surface area contributed by atoms with E-state index < -0.39 is 6.03 Å². The summed E-state index contributed by atoms with van der Waals surface area (Å²) in [6.07, 6.45) is 1.73. The minimum absolute atomic E-state index is 0.248. The van der Waals surface area contributed by atoms with Crippen molar-refractivity contribution in [3.63, 3.8) is 0 Å². The van der Waals surface area contributed by atoms with Crippen LogP contribution in [0.3, 0.4) is 0 Å². The SMILES string of the molecule is NNC(=O)NC(=O)[C@@H]1CCCN1. The molecule has 6 nitrogen and oxygen atoms in total. The van der Waals surface area contributed by atoms with Crippen LogP contribution in [0.2, 0.25) is 0 Å². The zero-order valence-electron chi connectivity index (χ0n) is 6.59. The molecule has 0 spiro atoms. The number of hydrogen-bond donors (Lipinski definition) is 4. The summed E-state index contributed by atoms with van der Waals surface area (Å²) in [7, 11) is 0. The van der Waals surface area contributed by atoms with Gasteiger partial charge in [0.15, 0.2) is 0 Å². The zero-order valence-corrected chi connectivity index (χ0v) is 6.59. The number of imide groups is 1. The maximum Gasteiger partial charge on any atom is 0.335 e. The molecule has 1 fully saturated rings. The Labute approximate surface area is 69.8 Å². The largest absolute Gasteiger partial charge is 0.335 e. The van der Waals surface area contributed by atoms with Crippen molar-refractivity contribution in [2.45, 2.75) is 18.9 Å². The fraction of sp³-hybridized carbons (Fsp3) is 0.667. The highest BCUT2D eigenvalue weighted by atomic mass is 16.2. The van der Waals surface area contributed by atoms with Gasteiger partial charge in [-0.05, 0) is 19.4 Å². The summed E-state index contributed by atoms with van der Waals surface area (Å²) in [6, 6.07) is -0.920. The number of nitrogens with one attached hydrogen (secondary N) is 3. The van der Waals surface area contributed by atoms with Crippen LogP contribution in [-0.4, -0.2) is 24.5 Å². The van der Waals surface area contributed by atoms with E-state index in [2.05, 4.69) is 10.6 Å². The van der Waals surface area contributed by atoms with E-state index in [-0.39, 0.29) is 11.9 Å². The molecule has 0 aromatic rings. The molecule has 1 rings (SSSR count). The number of hydrazine groups is 1. The molecule has 0 aromatic heterocycles. The molecular formula is C6H12N4O2. The van der Waals surface area contributed by atoms with Gasteiger partial charge in [0, 0.05) is 0 Å². The molecule has 0 bridgehead atoms. The summed E-state index contributed by atoms with van der Waals surface area (Å²) >= 11 is 0. The molecule has 6 heteroatoms. The Balaban J connectivity index is 2.32. The second-order valence-electron chi connectivity index (χ2n) is 2.61. The summed E-state index contributed by atoms with van der Waals surface area (Å²) in [5.74, 6) is 4.46. The first-order valence-corrected chi connectivity index (χ1v) is 3.79. The van der Waals surface area contributed by atoms with Gasteiger partial charge in [0.05, 0.1) is 6.04 Å². The quantitative estimate of drug-likeness (QED) is 0.218. The highest BCUT2D eigenvalue weighted by molar-refractivity contribution is 5.96. The lowest BCUT2D eigenvalue weighted by Gasteiger charge is -2.08. The van der Waals surface area contributed by atoms with Crippen LogP contribution in [0.15, 0.2) is 0 Å². The molecule has 1 heterocycles. The Hall–Kier alpha value is -1.14. The Morgan fingerprint density at radius 3 is 2.75 bits per heavy atom. The van der Waals surface area contributed by atoms with Crippen molar-refractivity contribution in [3.8, 4) is 0 Å². The predicted molar refractivity (Wildman–Crippen MR) is 41.9 cm³/mol. The lowest BCUT2D eigenvalue weighted by Crippen LogP contribution is -2.49. The molecular weight excluding hydrogens is 160 g/mol. The van der Waals surface area contributed by atoms with E-state index in [0.717, 1.165) is 19.4 Å². The Bertz CT molecular complexity index is 188. The van der Waals surface area contributed by atoms with E-state index in [4.69, 9.17) is 5.84 Å². The summed E-state index contributed by atoms with van der Waals surface area (Å²) in [6.45, 7) is 0.822. The summed E-state index contributed by atoms with van der Waals surface area (Å²) in [5, 5.41) is 5.05. The van der Waals surface area contributed by atoms with Gasteiger partial charge < -0.3 is 5.32 Å². The van der Waals surface area contributed by atoms with Crippen LogP contribution >= 0.6 is 0 Å². The van der Waals surface area contributed by atoms with Crippen LogP contribution in [-0.2, 0) is 4.79 Å². The maximum atomic E-state index is 11.1. The predicted octanol–water partition coefficient (Wildman–Crippen LogP) is -1.56. The Morgan fingerprint density at radius 1 is 1.50 bits per heavy atom. The van der Waals surface area contributed by atoms with E-state index in [1.54, 1.807) is 0 Å². The molecule has 1 aliphatic rings. The first-order chi connectivity index (χ1) is 5.74. The molecule has 3 amide bonds. The Kier molecular flexibility index (Phi) is 3.01. The van der Waals surface area contributed by atoms with Crippen molar-refractivity contribution in [3.05, 3.63) is 0 Å². The number of amides is 3. The third-order valence-electron chi connectivity index (χ3n) is 1.74. The molecule has 0 radical (unpaired) electrons. The third kappa shape index (κ3) is 2.18. The fourth-order valence-electron chi connectivity index (χ4n) is 1.14. The number of hydrogen-bond acceptors (Lipinski definition) is 4. The zero-order chi connectivity index (χ0) is 8.97. The summed E-state index contributed by atoms with van der Waals surface area (Å²) in [4.78, 5) is 21.7. The maximum absolute atomic E-state index is 11.1. The van der Waals surface area contributed by atoms with Crippen molar-refractivity contribution in [2.24, 2.45) is 5.84 Å². The molecule has 1 aliphatic heterocycles. The highest BCUT2D eigenvalue weighted by Gasteiger charge is 2.22. The van der Waals surface area contributed by atoms with Gasteiger partial charge in [0.1, 0.15) is 0 Å². The van der Waals surface area contributed by atoms with Crippen LogP contribution in [0.25, 0.3) is 0 Å². The van der Waals surface area contributed by atoms with Crippen molar-refractivity contribution >= 4 is 11.9 Å². The normalized spacial score (nSPS) is 21.9. The average molecular weight is 172 g/mol. The van der Waals surface area contributed by atoms with Gasteiger partial charge in [0.2, 0.25) is 5.91 Å². The van der Waals surface area contributed by atoms with Gasteiger partial charge in [0.25, 0.3) is 0 Å². The number of carbonyl (C=O) groups is 2. The monoisotopic (exact) mass is 172 g/mol. The highest BCUT2D eigenvalue weighted by Crippen LogP contribution is 2.03. The second-order valence-corrected chi connectivity index (χ2v) is 2.61. The molecule has 12 heavy (non-hydrogen) atoms. The van der Waals surface area contributed by atoms with Crippen LogP contribution < -0.4 is 21.9 Å². The first kappa shape index (κ1) is 8.95. The van der Waals surface area contributed by atoms with Crippen molar-refractivity contribution < 1.29 is 9.59 Å². The fourth-order valence-corrected chi connectivity index (χ4v) is 1.14. The third-order valence-corrected chi connectivity index (χ3v) is 1.74. The smallest absolute Gasteiger partial charge is 0.306 e. The molecule has 1 saturated heterocycles. The lowest BCUT2D eigenvalue weighted by atomic mass is 10.2. The number of nitrogens with two attached hydrogens (primary N) is 1.